The van der Waals surface area contributed by atoms with E-state index in [0.29, 0.717) is 22.6 Å². The van der Waals surface area contributed by atoms with Gasteiger partial charge in [0.15, 0.2) is 0 Å². The van der Waals surface area contributed by atoms with Crippen molar-refractivity contribution < 1.29 is 14.3 Å². The van der Waals surface area contributed by atoms with Crippen LogP contribution in [-0.2, 0) is 4.79 Å². The van der Waals surface area contributed by atoms with Gasteiger partial charge in [-0.3, -0.25) is 9.59 Å². The van der Waals surface area contributed by atoms with Crippen LogP contribution < -0.4 is 21.1 Å². The molecule has 0 saturated carbocycles. The maximum absolute atomic E-state index is 12.1. The number of anilines is 1. The molecule has 0 unspecified atom stereocenters. The fourth-order valence-electron chi connectivity index (χ4n) is 1.85. The number of methoxy groups -OCH3 is 1. The Labute approximate surface area is 117 Å². The molecule has 20 heavy (non-hydrogen) atoms. The highest BCUT2D eigenvalue weighted by Gasteiger charge is 2.17. The topological polar surface area (TPSA) is 93.4 Å². The number of rotatable bonds is 4. The Balaban J connectivity index is 2.25. The molecule has 1 aliphatic rings. The summed E-state index contributed by atoms with van der Waals surface area (Å²) in [6.07, 6.45) is 0. The Morgan fingerprint density at radius 1 is 1.35 bits per heavy atom. The summed E-state index contributed by atoms with van der Waals surface area (Å²) in [5.41, 5.74) is 7.73. The molecule has 0 atom stereocenters. The van der Waals surface area contributed by atoms with Gasteiger partial charge in [-0.05, 0) is 30.7 Å². The number of hydrogen-bond donors (Lipinski definition) is 3. The Hall–Kier alpha value is -2.34. The monoisotopic (exact) mass is 275 g/mol. The molecule has 0 bridgehead atoms. The Morgan fingerprint density at radius 2 is 2.05 bits per heavy atom. The Morgan fingerprint density at radius 3 is 2.55 bits per heavy atom. The first-order chi connectivity index (χ1) is 9.52. The van der Waals surface area contributed by atoms with Gasteiger partial charge >= 0.3 is 0 Å². The smallest absolute Gasteiger partial charge is 0.251 e. The van der Waals surface area contributed by atoms with E-state index in [1.807, 2.05) is 0 Å². The third kappa shape index (κ3) is 2.80. The van der Waals surface area contributed by atoms with Gasteiger partial charge < -0.3 is 21.1 Å². The second-order valence-electron chi connectivity index (χ2n) is 4.57. The van der Waals surface area contributed by atoms with Crippen LogP contribution in [0.2, 0.25) is 0 Å². The van der Waals surface area contributed by atoms with E-state index >= 15 is 0 Å². The summed E-state index contributed by atoms with van der Waals surface area (Å²) >= 11 is 0. The van der Waals surface area contributed by atoms with E-state index in [4.69, 9.17) is 10.5 Å². The number of benzene rings is 1. The predicted molar refractivity (Wildman–Crippen MR) is 75.7 cm³/mol. The molecular formula is C14H17N3O3. The lowest BCUT2D eigenvalue weighted by Gasteiger charge is -2.21. The zero-order valence-corrected chi connectivity index (χ0v) is 11.4. The van der Waals surface area contributed by atoms with Gasteiger partial charge in [0.1, 0.15) is 5.75 Å². The van der Waals surface area contributed by atoms with Gasteiger partial charge in [-0.1, -0.05) is 0 Å². The van der Waals surface area contributed by atoms with Gasteiger partial charge in [-0.25, -0.2) is 0 Å². The predicted octanol–water partition coefficient (Wildman–Crippen LogP) is 0.652. The van der Waals surface area contributed by atoms with Crippen molar-refractivity contribution in [1.82, 2.24) is 5.32 Å². The molecule has 4 N–H and O–H groups in total. The maximum Gasteiger partial charge on any atom is 0.251 e. The van der Waals surface area contributed by atoms with Crippen molar-refractivity contribution in [3.05, 3.63) is 34.9 Å². The van der Waals surface area contributed by atoms with Crippen LogP contribution in [0.15, 0.2) is 29.3 Å². The second kappa shape index (κ2) is 5.75. The highest BCUT2D eigenvalue weighted by molar-refractivity contribution is 6.05. The summed E-state index contributed by atoms with van der Waals surface area (Å²) in [4.78, 5) is 23.3. The highest BCUT2D eigenvalue weighted by Crippen LogP contribution is 2.26. The number of nitrogens with two attached hydrogens (primary N) is 1. The molecular weight excluding hydrogens is 258 g/mol. The van der Waals surface area contributed by atoms with Crippen molar-refractivity contribution in [2.24, 2.45) is 5.73 Å². The van der Waals surface area contributed by atoms with Crippen LogP contribution in [-0.4, -0.2) is 32.0 Å². The molecule has 0 spiro atoms. The third-order valence-corrected chi connectivity index (χ3v) is 3.28. The summed E-state index contributed by atoms with van der Waals surface area (Å²) in [5, 5.41) is 5.83. The fraction of sp³-hybridized carbons (Fsp3) is 0.286. The first-order valence-corrected chi connectivity index (χ1v) is 6.21. The van der Waals surface area contributed by atoms with Gasteiger partial charge in [-0.15, -0.1) is 0 Å². The number of hydrogen-bond acceptors (Lipinski definition) is 4. The minimum Gasteiger partial charge on any atom is -0.495 e. The largest absolute Gasteiger partial charge is 0.495 e. The van der Waals surface area contributed by atoms with Crippen LogP contribution in [0.5, 0.6) is 5.75 Å². The van der Waals surface area contributed by atoms with Crippen LogP contribution >= 0.6 is 0 Å². The van der Waals surface area contributed by atoms with E-state index in [-0.39, 0.29) is 5.91 Å². The molecule has 0 aliphatic carbocycles. The van der Waals surface area contributed by atoms with E-state index in [1.165, 1.54) is 13.2 Å². The Bertz CT molecular complexity index is 587. The normalized spacial score (nSPS) is 13.4. The van der Waals surface area contributed by atoms with Crippen molar-refractivity contribution in [3.8, 4) is 5.75 Å². The van der Waals surface area contributed by atoms with E-state index in [9.17, 15) is 9.59 Å². The standard InChI is InChI=1S/C14H17N3O3/c1-8(10-6-16-7-10)14(19)17-11-5-9(13(15)18)3-4-12(11)20-2/h3-5,16H,6-7H2,1-2H3,(H2,15,18)(H,17,19). The van der Waals surface area contributed by atoms with Crippen molar-refractivity contribution >= 4 is 17.5 Å². The molecule has 1 saturated heterocycles. The van der Waals surface area contributed by atoms with Crippen LogP contribution in [0.25, 0.3) is 0 Å². The molecule has 0 radical (unpaired) electrons. The lowest BCUT2D eigenvalue weighted by molar-refractivity contribution is -0.112. The zero-order chi connectivity index (χ0) is 14.7. The van der Waals surface area contributed by atoms with Crippen LogP contribution in [0.4, 0.5) is 5.69 Å². The summed E-state index contributed by atoms with van der Waals surface area (Å²) in [6.45, 7) is 3.24. The van der Waals surface area contributed by atoms with Crippen molar-refractivity contribution in [1.29, 1.82) is 0 Å². The van der Waals surface area contributed by atoms with E-state index in [1.54, 1.807) is 19.1 Å². The van der Waals surface area contributed by atoms with E-state index in [2.05, 4.69) is 10.6 Å². The molecule has 1 aliphatic heterocycles. The second-order valence-corrected chi connectivity index (χ2v) is 4.57. The molecule has 0 aromatic heterocycles. The van der Waals surface area contributed by atoms with E-state index in [0.717, 1.165) is 18.7 Å². The van der Waals surface area contributed by atoms with Gasteiger partial charge in [0.05, 0.1) is 12.8 Å². The van der Waals surface area contributed by atoms with Gasteiger partial charge in [0, 0.05) is 24.2 Å². The molecule has 1 aromatic rings. The highest BCUT2D eigenvalue weighted by atomic mass is 16.5. The van der Waals surface area contributed by atoms with Gasteiger partial charge in [-0.2, -0.15) is 0 Å². The number of nitrogens with one attached hydrogen (secondary N) is 2. The zero-order valence-electron chi connectivity index (χ0n) is 11.4. The summed E-state index contributed by atoms with van der Waals surface area (Å²) < 4.78 is 5.17. The minimum atomic E-state index is -0.554. The first-order valence-electron chi connectivity index (χ1n) is 6.21. The van der Waals surface area contributed by atoms with E-state index < -0.39 is 5.91 Å². The SMILES string of the molecule is COc1ccc(C(N)=O)cc1NC(=O)C(C)=C1CNC1. The maximum atomic E-state index is 12.1. The number of primary amides is 1. The molecule has 1 heterocycles. The van der Waals surface area contributed by atoms with Crippen LogP contribution in [0.1, 0.15) is 17.3 Å². The quantitative estimate of drug-likeness (QED) is 0.703. The van der Waals surface area contributed by atoms with Gasteiger partial charge in [0.2, 0.25) is 5.91 Å². The van der Waals surface area contributed by atoms with Crippen molar-refractivity contribution in [2.45, 2.75) is 6.92 Å². The lowest BCUT2D eigenvalue weighted by Crippen LogP contribution is -2.36. The molecule has 1 fully saturated rings. The fourth-order valence-corrected chi connectivity index (χ4v) is 1.85. The molecule has 6 nitrogen and oxygen atoms in total. The Kier molecular flexibility index (Phi) is 4.05. The van der Waals surface area contributed by atoms with Crippen molar-refractivity contribution in [2.75, 3.05) is 25.5 Å². The molecule has 2 amide bonds. The average Bonchev–Trinajstić information content (AvgIpc) is 2.36. The molecule has 1 aromatic carbocycles. The summed E-state index contributed by atoms with van der Waals surface area (Å²) in [7, 11) is 1.50. The van der Waals surface area contributed by atoms with Crippen LogP contribution in [0, 0.1) is 0 Å². The number of ether oxygens (including phenoxy) is 1. The van der Waals surface area contributed by atoms with Crippen LogP contribution in [0.3, 0.4) is 0 Å². The average molecular weight is 275 g/mol. The van der Waals surface area contributed by atoms with Crippen molar-refractivity contribution in [3.63, 3.8) is 0 Å². The third-order valence-electron chi connectivity index (χ3n) is 3.28. The number of amides is 2. The molecule has 106 valence electrons. The molecule has 6 heteroatoms. The van der Waals surface area contributed by atoms with Gasteiger partial charge in [0.25, 0.3) is 5.91 Å². The number of carbonyl (C=O) groups excluding carboxylic acids is 2. The minimum absolute atomic E-state index is 0.207. The summed E-state index contributed by atoms with van der Waals surface area (Å²) in [5.74, 6) is -0.282. The lowest BCUT2D eigenvalue weighted by atomic mass is 10.0. The number of carbonyl (C=O) groups is 2. The summed E-state index contributed by atoms with van der Waals surface area (Å²) in [6, 6.07) is 4.66. The first kappa shape index (κ1) is 14.1. The molecule has 2 rings (SSSR count).